The summed E-state index contributed by atoms with van der Waals surface area (Å²) in [6.07, 6.45) is 1.56. The first-order chi connectivity index (χ1) is 7.70. The van der Waals surface area contributed by atoms with Gasteiger partial charge in [-0.05, 0) is 25.1 Å². The molecule has 0 aromatic carbocycles. The molecule has 1 aromatic heterocycles. The van der Waals surface area contributed by atoms with E-state index in [-0.39, 0.29) is 33.4 Å². The van der Waals surface area contributed by atoms with Crippen molar-refractivity contribution in [2.45, 2.75) is 13.5 Å². The zero-order valence-corrected chi connectivity index (χ0v) is 11.6. The minimum atomic E-state index is -0.401. The normalized spacial score (nSPS) is 14.8. The molecule has 17 heavy (non-hydrogen) atoms. The second-order valence-corrected chi connectivity index (χ2v) is 3.51. The van der Waals surface area contributed by atoms with Gasteiger partial charge in [-0.2, -0.15) is 0 Å². The molecule has 0 radical (unpaired) electrons. The Morgan fingerprint density at radius 1 is 1.59 bits per heavy atom. The van der Waals surface area contributed by atoms with Crippen LogP contribution in [0.5, 0.6) is 0 Å². The van der Waals surface area contributed by atoms with Gasteiger partial charge in [-0.15, -0.1) is 0 Å². The number of nitrogens with two attached hydrogens (primary N) is 1. The minimum absolute atomic E-state index is 0. The second kappa shape index (κ2) is 6.07. The molecule has 0 aliphatic carbocycles. The number of rotatable bonds is 2. The third kappa shape index (κ3) is 3.23. The summed E-state index contributed by atoms with van der Waals surface area (Å²) >= 11 is 0. The zero-order valence-electron chi connectivity index (χ0n) is 9.34. The average Bonchev–Trinajstić information content (AvgIpc) is 2.28. The van der Waals surface area contributed by atoms with Gasteiger partial charge in [0.15, 0.2) is 11.6 Å². The predicted molar refractivity (Wildman–Crippen MR) is 60.8 cm³/mol. The number of aromatic nitrogens is 1. The van der Waals surface area contributed by atoms with Crippen LogP contribution in [0.2, 0.25) is 0 Å². The molecule has 96 valence electrons. The fourth-order valence-electron chi connectivity index (χ4n) is 1.49. The van der Waals surface area contributed by atoms with E-state index in [1.807, 2.05) is 0 Å². The van der Waals surface area contributed by atoms with Crippen molar-refractivity contribution in [3.8, 4) is 0 Å². The molecule has 0 saturated carbocycles. The Kier molecular flexibility index (Phi) is 5.02. The number of halogens is 1. The topological polar surface area (TPSA) is 68.6 Å². The van der Waals surface area contributed by atoms with Crippen molar-refractivity contribution in [2.24, 2.45) is 10.8 Å². The van der Waals surface area contributed by atoms with Crippen LogP contribution in [-0.4, -0.2) is 23.9 Å². The Bertz CT molecular complexity index is 423. The van der Waals surface area contributed by atoms with Gasteiger partial charge in [0.05, 0.1) is 0 Å². The van der Waals surface area contributed by atoms with Crippen LogP contribution in [0.15, 0.2) is 17.4 Å². The second-order valence-electron chi connectivity index (χ2n) is 3.51. The first-order valence-corrected chi connectivity index (χ1v) is 5.05. The summed E-state index contributed by atoms with van der Waals surface area (Å²) in [5.74, 6) is 0.461. The zero-order chi connectivity index (χ0) is 11.5. The SMILES string of the molecule is CC1=NN(c2ncc(CN)cc2F)CC[N-]1.[Pt]. The number of hydrogen-bond donors (Lipinski definition) is 1. The summed E-state index contributed by atoms with van der Waals surface area (Å²) in [6.45, 7) is 3.21. The molecule has 1 aliphatic rings. The molecule has 0 unspecified atom stereocenters. The molecule has 7 heteroatoms. The maximum Gasteiger partial charge on any atom is 0.167 e. The van der Waals surface area contributed by atoms with Gasteiger partial charge in [-0.25, -0.2) is 9.37 Å². The van der Waals surface area contributed by atoms with Crippen molar-refractivity contribution in [1.29, 1.82) is 0 Å². The molecular formula is C10H13FN5Pt-. The monoisotopic (exact) mass is 417 g/mol. The van der Waals surface area contributed by atoms with E-state index in [1.54, 1.807) is 13.1 Å². The van der Waals surface area contributed by atoms with Crippen molar-refractivity contribution in [3.05, 3.63) is 29.0 Å². The summed E-state index contributed by atoms with van der Waals surface area (Å²) in [6, 6.07) is 1.39. The number of anilines is 1. The Balaban J connectivity index is 0.00000144. The third-order valence-corrected chi connectivity index (χ3v) is 2.28. The summed E-state index contributed by atoms with van der Waals surface area (Å²) in [5.41, 5.74) is 6.08. The van der Waals surface area contributed by atoms with Gasteiger partial charge in [0.25, 0.3) is 0 Å². The molecule has 2 N–H and O–H groups in total. The molecule has 0 bridgehead atoms. The quantitative estimate of drug-likeness (QED) is 0.787. The maximum atomic E-state index is 13.7. The number of hydrogen-bond acceptors (Lipinski definition) is 4. The van der Waals surface area contributed by atoms with Crippen molar-refractivity contribution < 1.29 is 25.5 Å². The summed E-state index contributed by atoms with van der Waals surface area (Å²) in [7, 11) is 0. The van der Waals surface area contributed by atoms with Crippen LogP contribution in [0, 0.1) is 5.82 Å². The Morgan fingerprint density at radius 2 is 2.35 bits per heavy atom. The number of amidine groups is 1. The standard InChI is InChI=1S/C10H13FN5.Pt/c1-7-13-2-3-16(15-7)10-9(11)4-8(5-12)6-14-10;/h4,6H,2-3,5,12H2,1H3;/q-1;. The molecule has 0 atom stereocenters. The fourth-order valence-corrected chi connectivity index (χ4v) is 1.49. The van der Waals surface area contributed by atoms with Gasteiger partial charge in [-0.3, -0.25) is 0 Å². The van der Waals surface area contributed by atoms with E-state index in [2.05, 4.69) is 15.4 Å². The van der Waals surface area contributed by atoms with E-state index in [1.165, 1.54) is 11.1 Å². The number of hydrazone groups is 1. The van der Waals surface area contributed by atoms with Gasteiger partial charge in [0.1, 0.15) is 0 Å². The predicted octanol–water partition coefficient (Wildman–Crippen LogP) is 1.20. The molecule has 0 saturated heterocycles. The van der Waals surface area contributed by atoms with Gasteiger partial charge in [0, 0.05) is 40.4 Å². The van der Waals surface area contributed by atoms with Gasteiger partial charge in [0.2, 0.25) is 0 Å². The van der Waals surface area contributed by atoms with Crippen LogP contribution in [0.25, 0.3) is 5.32 Å². The van der Waals surface area contributed by atoms with E-state index < -0.39 is 5.82 Å². The van der Waals surface area contributed by atoms with Crippen LogP contribution in [0.3, 0.4) is 0 Å². The first kappa shape index (κ1) is 14.1. The Hall–Kier alpha value is -1.00. The van der Waals surface area contributed by atoms with Gasteiger partial charge < -0.3 is 21.2 Å². The number of nitrogens with zero attached hydrogens (tertiary/aromatic N) is 4. The van der Waals surface area contributed by atoms with E-state index in [4.69, 9.17) is 5.73 Å². The van der Waals surface area contributed by atoms with E-state index >= 15 is 0 Å². The molecule has 1 aliphatic heterocycles. The molecule has 2 heterocycles. The maximum absolute atomic E-state index is 13.7. The molecule has 0 amide bonds. The largest absolute Gasteiger partial charge is 0.466 e. The Labute approximate surface area is 114 Å². The van der Waals surface area contributed by atoms with E-state index in [9.17, 15) is 4.39 Å². The van der Waals surface area contributed by atoms with Crippen LogP contribution < -0.4 is 10.7 Å². The van der Waals surface area contributed by atoms with Gasteiger partial charge >= 0.3 is 0 Å². The molecular weight excluding hydrogens is 404 g/mol. The first-order valence-electron chi connectivity index (χ1n) is 5.05. The van der Waals surface area contributed by atoms with Crippen LogP contribution >= 0.6 is 0 Å². The molecule has 5 nitrogen and oxygen atoms in total. The van der Waals surface area contributed by atoms with Crippen LogP contribution in [0.1, 0.15) is 12.5 Å². The van der Waals surface area contributed by atoms with Crippen molar-refractivity contribution >= 4 is 11.7 Å². The smallest absolute Gasteiger partial charge is 0.167 e. The summed E-state index contributed by atoms with van der Waals surface area (Å²) in [5, 5.41) is 9.75. The van der Waals surface area contributed by atoms with Crippen molar-refractivity contribution in [1.82, 2.24) is 4.98 Å². The summed E-state index contributed by atoms with van der Waals surface area (Å²) in [4.78, 5) is 4.03. The molecule has 0 spiro atoms. The average molecular weight is 417 g/mol. The third-order valence-electron chi connectivity index (χ3n) is 2.28. The fraction of sp³-hybridized carbons (Fsp3) is 0.400. The molecule has 2 rings (SSSR count). The van der Waals surface area contributed by atoms with Crippen molar-refractivity contribution in [3.63, 3.8) is 0 Å². The van der Waals surface area contributed by atoms with Crippen molar-refractivity contribution in [2.75, 3.05) is 18.1 Å². The number of pyridine rings is 1. The van der Waals surface area contributed by atoms with E-state index in [0.29, 0.717) is 24.5 Å². The van der Waals surface area contributed by atoms with Gasteiger partial charge in [-0.1, -0.05) is 5.84 Å². The van der Waals surface area contributed by atoms with Crippen LogP contribution in [0.4, 0.5) is 10.2 Å². The molecule has 1 aromatic rings. The summed E-state index contributed by atoms with van der Waals surface area (Å²) < 4.78 is 13.7. The van der Waals surface area contributed by atoms with E-state index in [0.717, 1.165) is 0 Å². The minimum Gasteiger partial charge on any atom is -0.466 e. The molecule has 0 fully saturated rings. The van der Waals surface area contributed by atoms with Crippen LogP contribution in [-0.2, 0) is 27.6 Å². The Morgan fingerprint density at radius 3 is 2.94 bits per heavy atom.